The van der Waals surface area contributed by atoms with E-state index < -0.39 is 5.60 Å². The lowest BCUT2D eigenvalue weighted by Gasteiger charge is -2.14. The molecule has 0 bridgehead atoms. The molecule has 0 radical (unpaired) electrons. The van der Waals surface area contributed by atoms with Gasteiger partial charge in [0.25, 0.3) is 0 Å². The first-order valence-electron chi connectivity index (χ1n) is 4.48. The molecule has 1 aromatic heterocycles. The Balaban J connectivity index is 2.69. The van der Waals surface area contributed by atoms with Gasteiger partial charge in [-0.25, -0.2) is 4.39 Å². The van der Waals surface area contributed by atoms with Crippen LogP contribution < -0.4 is 0 Å². The predicted octanol–water partition coefficient (Wildman–Crippen LogP) is 2.53. The number of hydrogen-bond donors (Lipinski definition) is 2. The van der Waals surface area contributed by atoms with Gasteiger partial charge >= 0.3 is 0 Å². The van der Waals surface area contributed by atoms with Crippen LogP contribution in [-0.4, -0.2) is 10.1 Å². The molecule has 0 saturated heterocycles. The van der Waals surface area contributed by atoms with Crippen LogP contribution in [0, 0.1) is 5.82 Å². The number of para-hydroxylation sites is 1. The first-order valence-corrected chi connectivity index (χ1v) is 4.48. The van der Waals surface area contributed by atoms with Crippen LogP contribution in [0.15, 0.2) is 24.3 Å². The number of rotatable bonds is 1. The molecule has 2 nitrogen and oxygen atoms in total. The largest absolute Gasteiger partial charge is 0.384 e. The SMILES string of the molecule is CC(C)(O)c1cc2cccc(F)c2[nH]1. The minimum atomic E-state index is -0.967. The molecule has 1 aromatic carbocycles. The Hall–Kier alpha value is -1.35. The summed E-state index contributed by atoms with van der Waals surface area (Å²) in [6.45, 7) is 3.32. The molecular weight excluding hydrogens is 181 g/mol. The Morgan fingerprint density at radius 1 is 1.36 bits per heavy atom. The summed E-state index contributed by atoms with van der Waals surface area (Å²) in [4.78, 5) is 2.88. The maximum absolute atomic E-state index is 13.3. The highest BCUT2D eigenvalue weighted by Gasteiger charge is 2.18. The van der Waals surface area contributed by atoms with Crippen molar-refractivity contribution in [2.24, 2.45) is 0 Å². The van der Waals surface area contributed by atoms with Gasteiger partial charge in [-0.2, -0.15) is 0 Å². The van der Waals surface area contributed by atoms with E-state index in [0.29, 0.717) is 11.2 Å². The molecule has 74 valence electrons. The maximum atomic E-state index is 13.3. The second kappa shape index (κ2) is 2.82. The number of fused-ring (bicyclic) bond motifs is 1. The molecule has 0 unspecified atom stereocenters. The molecule has 0 aliphatic heterocycles. The second-order valence-corrected chi connectivity index (χ2v) is 3.95. The third-order valence-corrected chi connectivity index (χ3v) is 2.26. The molecular formula is C11H12FNO. The summed E-state index contributed by atoms with van der Waals surface area (Å²) in [6.07, 6.45) is 0. The van der Waals surface area contributed by atoms with Crippen molar-refractivity contribution in [2.75, 3.05) is 0 Å². The fourth-order valence-corrected chi connectivity index (χ4v) is 1.45. The lowest BCUT2D eigenvalue weighted by atomic mass is 10.1. The average Bonchev–Trinajstić information content (AvgIpc) is 2.48. The van der Waals surface area contributed by atoms with Crippen LogP contribution in [0.25, 0.3) is 10.9 Å². The number of hydrogen-bond acceptors (Lipinski definition) is 1. The number of aliphatic hydroxyl groups is 1. The maximum Gasteiger partial charge on any atom is 0.147 e. The zero-order valence-electron chi connectivity index (χ0n) is 8.13. The normalized spacial score (nSPS) is 12.3. The molecule has 3 heteroatoms. The molecule has 0 spiro atoms. The van der Waals surface area contributed by atoms with Gasteiger partial charge in [0.05, 0.1) is 11.1 Å². The van der Waals surface area contributed by atoms with Gasteiger partial charge in [-0.05, 0) is 26.0 Å². The van der Waals surface area contributed by atoms with Gasteiger partial charge in [-0.1, -0.05) is 12.1 Å². The monoisotopic (exact) mass is 193 g/mol. The van der Waals surface area contributed by atoms with Gasteiger partial charge in [0, 0.05) is 11.1 Å². The summed E-state index contributed by atoms with van der Waals surface area (Å²) in [7, 11) is 0. The smallest absolute Gasteiger partial charge is 0.147 e. The van der Waals surface area contributed by atoms with E-state index in [-0.39, 0.29) is 5.82 Å². The number of aromatic nitrogens is 1. The first-order chi connectivity index (χ1) is 6.48. The van der Waals surface area contributed by atoms with Crippen LogP contribution in [0.3, 0.4) is 0 Å². The number of halogens is 1. The lowest BCUT2D eigenvalue weighted by molar-refractivity contribution is 0.0746. The van der Waals surface area contributed by atoms with Crippen molar-refractivity contribution in [2.45, 2.75) is 19.4 Å². The minimum absolute atomic E-state index is 0.294. The van der Waals surface area contributed by atoms with E-state index in [1.165, 1.54) is 6.07 Å². The Morgan fingerprint density at radius 3 is 2.64 bits per heavy atom. The average molecular weight is 193 g/mol. The Bertz CT molecular complexity index is 468. The van der Waals surface area contributed by atoms with Crippen molar-refractivity contribution in [1.29, 1.82) is 0 Å². The Labute approximate surface area is 81.4 Å². The van der Waals surface area contributed by atoms with Crippen LogP contribution in [0.4, 0.5) is 4.39 Å². The third kappa shape index (κ3) is 1.40. The third-order valence-electron chi connectivity index (χ3n) is 2.26. The molecule has 0 saturated carbocycles. The highest BCUT2D eigenvalue weighted by atomic mass is 19.1. The summed E-state index contributed by atoms with van der Waals surface area (Å²) in [5, 5.41) is 10.5. The van der Waals surface area contributed by atoms with Crippen molar-refractivity contribution in [1.82, 2.24) is 4.98 Å². The van der Waals surface area contributed by atoms with Gasteiger partial charge in [-0.3, -0.25) is 0 Å². The van der Waals surface area contributed by atoms with Gasteiger partial charge in [0.2, 0.25) is 0 Å². The molecule has 0 fully saturated rings. The summed E-state index contributed by atoms with van der Waals surface area (Å²) in [6, 6.07) is 6.62. The van der Waals surface area contributed by atoms with Crippen molar-refractivity contribution in [3.63, 3.8) is 0 Å². The number of benzene rings is 1. The predicted molar refractivity (Wildman–Crippen MR) is 53.5 cm³/mol. The number of nitrogens with one attached hydrogen (secondary N) is 1. The Kier molecular flexibility index (Phi) is 1.86. The topological polar surface area (TPSA) is 36.0 Å². The van der Waals surface area contributed by atoms with Crippen LogP contribution in [-0.2, 0) is 5.60 Å². The van der Waals surface area contributed by atoms with E-state index in [2.05, 4.69) is 4.98 Å². The van der Waals surface area contributed by atoms with Crippen molar-refractivity contribution in [3.05, 3.63) is 35.8 Å². The molecule has 14 heavy (non-hydrogen) atoms. The quantitative estimate of drug-likeness (QED) is 0.717. The minimum Gasteiger partial charge on any atom is -0.384 e. The molecule has 0 amide bonds. The molecule has 0 atom stereocenters. The van der Waals surface area contributed by atoms with Crippen LogP contribution in [0.5, 0.6) is 0 Å². The van der Waals surface area contributed by atoms with E-state index in [1.54, 1.807) is 26.0 Å². The first kappa shape index (κ1) is 9.21. The van der Waals surface area contributed by atoms with E-state index in [1.807, 2.05) is 6.07 Å². The lowest BCUT2D eigenvalue weighted by Crippen LogP contribution is -2.15. The van der Waals surface area contributed by atoms with E-state index in [4.69, 9.17) is 0 Å². The van der Waals surface area contributed by atoms with Gasteiger partial charge in [0.15, 0.2) is 0 Å². The Morgan fingerprint density at radius 2 is 2.07 bits per heavy atom. The standard InChI is InChI=1S/C11H12FNO/c1-11(2,14)9-6-7-4-3-5-8(12)10(7)13-9/h3-6,13-14H,1-2H3. The molecule has 2 aromatic rings. The summed E-state index contributed by atoms with van der Waals surface area (Å²) < 4.78 is 13.3. The molecule has 2 rings (SSSR count). The summed E-state index contributed by atoms with van der Waals surface area (Å²) in [5.74, 6) is -0.294. The molecule has 0 aliphatic carbocycles. The van der Waals surface area contributed by atoms with Crippen LogP contribution in [0.2, 0.25) is 0 Å². The van der Waals surface area contributed by atoms with Gasteiger partial charge in [-0.15, -0.1) is 0 Å². The zero-order chi connectivity index (χ0) is 10.3. The van der Waals surface area contributed by atoms with E-state index in [9.17, 15) is 9.50 Å². The summed E-state index contributed by atoms with van der Waals surface area (Å²) >= 11 is 0. The summed E-state index contributed by atoms with van der Waals surface area (Å²) in [5.41, 5.74) is 0.105. The fourth-order valence-electron chi connectivity index (χ4n) is 1.45. The molecule has 1 heterocycles. The van der Waals surface area contributed by atoms with E-state index in [0.717, 1.165) is 5.39 Å². The van der Waals surface area contributed by atoms with Crippen molar-refractivity contribution in [3.8, 4) is 0 Å². The van der Waals surface area contributed by atoms with Gasteiger partial charge < -0.3 is 10.1 Å². The highest BCUT2D eigenvalue weighted by molar-refractivity contribution is 5.81. The zero-order valence-corrected chi connectivity index (χ0v) is 8.13. The highest BCUT2D eigenvalue weighted by Crippen LogP contribution is 2.25. The number of aromatic amines is 1. The van der Waals surface area contributed by atoms with Crippen LogP contribution in [0.1, 0.15) is 19.5 Å². The fraction of sp³-hybridized carbons (Fsp3) is 0.273. The molecule has 2 N–H and O–H groups in total. The van der Waals surface area contributed by atoms with E-state index >= 15 is 0 Å². The van der Waals surface area contributed by atoms with Crippen LogP contribution >= 0.6 is 0 Å². The van der Waals surface area contributed by atoms with Gasteiger partial charge in [0.1, 0.15) is 5.82 Å². The second-order valence-electron chi connectivity index (χ2n) is 3.95. The molecule has 0 aliphatic rings. The number of H-pyrrole nitrogens is 1. The van der Waals surface area contributed by atoms with Crippen molar-refractivity contribution >= 4 is 10.9 Å². The van der Waals surface area contributed by atoms with Crippen molar-refractivity contribution < 1.29 is 9.50 Å².